The lowest BCUT2D eigenvalue weighted by molar-refractivity contribution is -0.158. The van der Waals surface area contributed by atoms with E-state index >= 15 is 0 Å². The molecule has 3 nitrogen and oxygen atoms in total. The quantitative estimate of drug-likeness (QED) is 0.922. The van der Waals surface area contributed by atoms with E-state index < -0.39 is 11.4 Å². The van der Waals surface area contributed by atoms with Gasteiger partial charge in [-0.3, -0.25) is 4.79 Å². The molecule has 2 atom stereocenters. The van der Waals surface area contributed by atoms with Crippen LogP contribution in [0.1, 0.15) is 30.7 Å². The molecule has 3 rings (SSSR count). The Balaban J connectivity index is 1.82. The van der Waals surface area contributed by atoms with Gasteiger partial charge in [0.1, 0.15) is 0 Å². The molecule has 1 aromatic carbocycles. The van der Waals surface area contributed by atoms with E-state index in [2.05, 4.69) is 12.1 Å². The maximum Gasteiger partial charge on any atom is 0.312 e. The van der Waals surface area contributed by atoms with Gasteiger partial charge in [0, 0.05) is 17.3 Å². The molecular weight excluding hydrogens is 260 g/mol. The van der Waals surface area contributed by atoms with E-state index in [1.807, 2.05) is 23.9 Å². The highest BCUT2D eigenvalue weighted by Crippen LogP contribution is 2.47. The molecule has 0 bridgehead atoms. The van der Waals surface area contributed by atoms with Gasteiger partial charge in [-0.1, -0.05) is 18.2 Å². The summed E-state index contributed by atoms with van der Waals surface area (Å²) in [4.78, 5) is 13.0. The van der Waals surface area contributed by atoms with E-state index in [-0.39, 0.29) is 0 Å². The fourth-order valence-electron chi connectivity index (χ4n) is 3.14. The number of hydrogen-bond acceptors (Lipinski definition) is 3. The second kappa shape index (κ2) is 5.17. The average Bonchev–Trinajstić information content (AvgIpc) is 2.83. The fraction of sp³-hybridized carbons (Fsp3) is 0.533. The van der Waals surface area contributed by atoms with Crippen molar-refractivity contribution >= 4 is 17.7 Å². The van der Waals surface area contributed by atoms with Gasteiger partial charge in [0.05, 0.1) is 12.0 Å². The molecule has 0 spiro atoms. The Hall–Kier alpha value is -1.00. The predicted octanol–water partition coefficient (Wildman–Crippen LogP) is 3.15. The van der Waals surface area contributed by atoms with Crippen molar-refractivity contribution in [2.24, 2.45) is 5.41 Å². The molecule has 1 N–H and O–H groups in total. The molecule has 102 valence electrons. The Bertz CT molecular complexity index is 480. The zero-order chi connectivity index (χ0) is 13.3. The van der Waals surface area contributed by atoms with Crippen molar-refractivity contribution in [3.05, 3.63) is 29.8 Å². The van der Waals surface area contributed by atoms with Gasteiger partial charge >= 0.3 is 5.97 Å². The number of carboxylic acids is 1. The zero-order valence-corrected chi connectivity index (χ0v) is 11.6. The average molecular weight is 278 g/mol. The Labute approximate surface area is 117 Å². The molecule has 2 unspecified atom stereocenters. The van der Waals surface area contributed by atoms with E-state index in [1.54, 1.807) is 0 Å². The molecule has 2 heterocycles. The van der Waals surface area contributed by atoms with Gasteiger partial charge < -0.3 is 9.84 Å². The van der Waals surface area contributed by atoms with Crippen molar-refractivity contribution < 1.29 is 14.6 Å². The van der Waals surface area contributed by atoms with E-state index in [4.69, 9.17) is 4.74 Å². The zero-order valence-electron chi connectivity index (χ0n) is 10.8. The number of fused-ring (bicyclic) bond motifs is 1. The van der Waals surface area contributed by atoms with Gasteiger partial charge in [-0.05, 0) is 36.8 Å². The molecule has 0 amide bonds. The minimum absolute atomic E-state index is 0.346. The van der Waals surface area contributed by atoms with Gasteiger partial charge in [0.25, 0.3) is 0 Å². The van der Waals surface area contributed by atoms with Gasteiger partial charge in [0.2, 0.25) is 0 Å². The molecule has 1 saturated heterocycles. The molecule has 19 heavy (non-hydrogen) atoms. The van der Waals surface area contributed by atoms with Crippen molar-refractivity contribution in [3.63, 3.8) is 0 Å². The van der Waals surface area contributed by atoms with Crippen LogP contribution < -0.4 is 0 Å². The predicted molar refractivity (Wildman–Crippen MR) is 74.6 cm³/mol. The second-order valence-electron chi connectivity index (χ2n) is 5.49. The molecule has 0 aliphatic carbocycles. The van der Waals surface area contributed by atoms with Crippen LogP contribution >= 0.6 is 11.8 Å². The topological polar surface area (TPSA) is 46.5 Å². The van der Waals surface area contributed by atoms with E-state index in [1.165, 1.54) is 10.5 Å². The van der Waals surface area contributed by atoms with Crippen LogP contribution in [-0.4, -0.2) is 30.0 Å². The number of aliphatic carboxylic acids is 1. The SMILES string of the molecule is O=C(O)C1(CC2CSc3ccccc32)CCCOC1. The van der Waals surface area contributed by atoms with Gasteiger partial charge in [-0.25, -0.2) is 0 Å². The number of carboxylic acid groups (broad SMARTS) is 1. The lowest BCUT2D eigenvalue weighted by Crippen LogP contribution is -2.40. The maximum absolute atomic E-state index is 11.7. The Kier molecular flexibility index (Phi) is 3.54. The Morgan fingerprint density at radius 2 is 2.32 bits per heavy atom. The van der Waals surface area contributed by atoms with E-state index in [0.717, 1.165) is 18.6 Å². The summed E-state index contributed by atoms with van der Waals surface area (Å²) in [6, 6.07) is 8.36. The number of thioether (sulfide) groups is 1. The van der Waals surface area contributed by atoms with E-state index in [9.17, 15) is 9.90 Å². The van der Waals surface area contributed by atoms with Crippen LogP contribution in [0.4, 0.5) is 0 Å². The summed E-state index contributed by atoms with van der Waals surface area (Å²) in [5, 5.41) is 9.61. The molecule has 4 heteroatoms. The van der Waals surface area contributed by atoms with Crippen molar-refractivity contribution in [1.82, 2.24) is 0 Å². The maximum atomic E-state index is 11.7. The van der Waals surface area contributed by atoms with Crippen LogP contribution in [0.5, 0.6) is 0 Å². The highest BCUT2D eigenvalue weighted by atomic mass is 32.2. The number of benzene rings is 1. The summed E-state index contributed by atoms with van der Waals surface area (Å²) in [6.45, 7) is 1.07. The van der Waals surface area contributed by atoms with Crippen LogP contribution in [-0.2, 0) is 9.53 Å². The molecule has 0 aromatic heterocycles. The lowest BCUT2D eigenvalue weighted by atomic mass is 9.74. The summed E-state index contributed by atoms with van der Waals surface area (Å²) in [5.74, 6) is 0.648. The molecule has 1 aromatic rings. The third-order valence-corrected chi connectivity index (χ3v) is 5.46. The van der Waals surface area contributed by atoms with Gasteiger partial charge in [-0.15, -0.1) is 11.8 Å². The van der Waals surface area contributed by atoms with Crippen LogP contribution in [0.3, 0.4) is 0 Å². The highest BCUT2D eigenvalue weighted by molar-refractivity contribution is 7.99. The highest BCUT2D eigenvalue weighted by Gasteiger charge is 2.43. The number of ether oxygens (including phenoxy) is 1. The number of hydrogen-bond donors (Lipinski definition) is 1. The lowest BCUT2D eigenvalue weighted by Gasteiger charge is -2.35. The second-order valence-corrected chi connectivity index (χ2v) is 6.55. The molecule has 2 aliphatic heterocycles. The first-order valence-corrected chi connectivity index (χ1v) is 7.73. The van der Waals surface area contributed by atoms with Gasteiger partial charge in [-0.2, -0.15) is 0 Å². The van der Waals surface area contributed by atoms with Crippen LogP contribution in [0.25, 0.3) is 0 Å². The number of carbonyl (C=O) groups is 1. The Morgan fingerprint density at radius 1 is 1.47 bits per heavy atom. The van der Waals surface area contributed by atoms with Crippen LogP contribution in [0, 0.1) is 5.41 Å². The third kappa shape index (κ3) is 2.39. The normalized spacial score (nSPS) is 30.0. The molecule has 0 radical (unpaired) electrons. The minimum Gasteiger partial charge on any atom is -0.481 e. The van der Waals surface area contributed by atoms with Crippen molar-refractivity contribution in [2.45, 2.75) is 30.1 Å². The first kappa shape index (κ1) is 13.0. The smallest absolute Gasteiger partial charge is 0.312 e. The monoisotopic (exact) mass is 278 g/mol. The Morgan fingerprint density at radius 3 is 3.05 bits per heavy atom. The summed E-state index contributed by atoms with van der Waals surface area (Å²) < 4.78 is 5.46. The standard InChI is InChI=1S/C15H18O3S/c16-14(17)15(6-3-7-18-10-15)8-11-9-19-13-5-2-1-4-12(11)13/h1-2,4-5,11H,3,6-10H2,(H,16,17). The summed E-state index contributed by atoms with van der Waals surface area (Å²) >= 11 is 1.84. The van der Waals surface area contributed by atoms with Crippen molar-refractivity contribution in [1.29, 1.82) is 0 Å². The van der Waals surface area contributed by atoms with Gasteiger partial charge in [0.15, 0.2) is 0 Å². The first-order chi connectivity index (χ1) is 9.21. The molecule has 2 aliphatic rings. The summed E-state index contributed by atoms with van der Waals surface area (Å²) in [5.41, 5.74) is 0.639. The van der Waals surface area contributed by atoms with Crippen molar-refractivity contribution in [3.8, 4) is 0 Å². The van der Waals surface area contributed by atoms with Crippen molar-refractivity contribution in [2.75, 3.05) is 19.0 Å². The minimum atomic E-state index is -0.693. The summed E-state index contributed by atoms with van der Waals surface area (Å²) in [6.07, 6.45) is 2.30. The largest absolute Gasteiger partial charge is 0.481 e. The molecule has 1 fully saturated rings. The molecule has 0 saturated carbocycles. The van der Waals surface area contributed by atoms with E-state index in [0.29, 0.717) is 25.6 Å². The van der Waals surface area contributed by atoms with Crippen LogP contribution in [0.15, 0.2) is 29.2 Å². The summed E-state index contributed by atoms with van der Waals surface area (Å²) in [7, 11) is 0. The fourth-order valence-corrected chi connectivity index (χ4v) is 4.39. The third-order valence-electron chi connectivity index (χ3n) is 4.21. The van der Waals surface area contributed by atoms with Crippen LogP contribution in [0.2, 0.25) is 0 Å². The number of rotatable bonds is 3. The molecular formula is C15H18O3S. The first-order valence-electron chi connectivity index (χ1n) is 6.74.